The zero-order valence-electron chi connectivity index (χ0n) is 22.9. The number of amides is 3. The number of nitrogens with two attached hydrogens (primary N) is 1. The number of carbonyl (C=O) groups excluding carboxylic acids is 3. The maximum Gasteiger partial charge on any atom is 0.243 e. The van der Waals surface area contributed by atoms with E-state index in [1.165, 1.54) is 12.1 Å². The average molecular weight is 567 g/mol. The smallest absolute Gasteiger partial charge is 0.243 e. The van der Waals surface area contributed by atoms with Crippen LogP contribution in [0.1, 0.15) is 37.0 Å². The third-order valence-corrected chi connectivity index (χ3v) is 6.75. The summed E-state index contributed by atoms with van der Waals surface area (Å²) in [6, 6.07) is 22.7. The number of phenolic OH excluding ortho intramolecular Hbond substituents is 1. The number of carbonyl (C=O) groups is 3. The molecule has 0 aliphatic rings. The van der Waals surface area contributed by atoms with Crippen molar-refractivity contribution < 1.29 is 19.5 Å². The molecule has 0 aliphatic heterocycles. The van der Waals surface area contributed by atoms with E-state index in [-0.39, 0.29) is 36.4 Å². The molecule has 1 unspecified atom stereocenters. The average Bonchev–Trinajstić information content (AvgIpc) is 2.95. The molecule has 3 aromatic rings. The van der Waals surface area contributed by atoms with Crippen molar-refractivity contribution in [3.05, 3.63) is 102 Å². The molecule has 0 saturated heterocycles. The van der Waals surface area contributed by atoms with Gasteiger partial charge in [0.1, 0.15) is 17.8 Å². The fourth-order valence-electron chi connectivity index (χ4n) is 4.17. The van der Waals surface area contributed by atoms with E-state index in [1.807, 2.05) is 74.5 Å². The Labute approximate surface area is 242 Å². The normalized spacial score (nSPS) is 13.6. The van der Waals surface area contributed by atoms with Gasteiger partial charge in [-0.3, -0.25) is 14.4 Å². The second-order valence-electron chi connectivity index (χ2n) is 9.80. The second kappa shape index (κ2) is 16.3. The van der Waals surface area contributed by atoms with E-state index in [0.717, 1.165) is 16.7 Å². The predicted molar refractivity (Wildman–Crippen MR) is 159 cm³/mol. The van der Waals surface area contributed by atoms with E-state index >= 15 is 0 Å². The van der Waals surface area contributed by atoms with Gasteiger partial charge in [-0.05, 0) is 41.2 Å². The van der Waals surface area contributed by atoms with E-state index in [4.69, 9.17) is 5.73 Å². The summed E-state index contributed by atoms with van der Waals surface area (Å²) in [5.41, 5.74) is 8.78. The number of aromatic hydroxyl groups is 1. The summed E-state index contributed by atoms with van der Waals surface area (Å²) >= 11 is 0. The van der Waals surface area contributed by atoms with Crippen molar-refractivity contribution >= 4 is 30.1 Å². The van der Waals surface area contributed by atoms with E-state index < -0.39 is 29.9 Å². The molecule has 0 saturated carbocycles. The highest BCUT2D eigenvalue weighted by molar-refractivity contribution is 5.93. The topological polar surface area (TPSA) is 134 Å². The van der Waals surface area contributed by atoms with Crippen LogP contribution in [0.3, 0.4) is 0 Å². The van der Waals surface area contributed by atoms with Gasteiger partial charge in [-0.1, -0.05) is 93.1 Å². The molecule has 0 radical (unpaired) electrons. The van der Waals surface area contributed by atoms with Crippen LogP contribution in [0.25, 0.3) is 0 Å². The summed E-state index contributed by atoms with van der Waals surface area (Å²) in [5, 5.41) is 18.2. The van der Waals surface area contributed by atoms with Crippen LogP contribution in [0.4, 0.5) is 0 Å². The van der Waals surface area contributed by atoms with Crippen molar-refractivity contribution in [2.45, 2.75) is 57.8 Å². The van der Waals surface area contributed by atoms with Crippen molar-refractivity contribution in [3.63, 3.8) is 0 Å². The summed E-state index contributed by atoms with van der Waals surface area (Å²) in [7, 11) is 0. The third-order valence-electron chi connectivity index (χ3n) is 6.75. The number of halogens is 1. The lowest BCUT2D eigenvalue weighted by Gasteiger charge is -2.27. The van der Waals surface area contributed by atoms with E-state index in [9.17, 15) is 19.5 Å². The Balaban J connectivity index is 0.00000560. The zero-order chi connectivity index (χ0) is 28.2. The van der Waals surface area contributed by atoms with Crippen LogP contribution in [0.15, 0.2) is 84.9 Å². The molecule has 0 spiro atoms. The maximum atomic E-state index is 13.5. The fourth-order valence-corrected chi connectivity index (χ4v) is 4.17. The lowest BCUT2D eigenvalue weighted by molar-refractivity contribution is -0.133. The van der Waals surface area contributed by atoms with Gasteiger partial charge in [0.15, 0.2) is 0 Å². The summed E-state index contributed by atoms with van der Waals surface area (Å²) in [5.74, 6) is -1.29. The first kappa shape index (κ1) is 32.3. The van der Waals surface area contributed by atoms with Gasteiger partial charge in [-0.15, -0.1) is 12.4 Å². The number of nitrogens with one attached hydrogen (secondary N) is 3. The van der Waals surface area contributed by atoms with Crippen LogP contribution in [0, 0.1) is 5.92 Å². The van der Waals surface area contributed by atoms with Gasteiger partial charge in [0.2, 0.25) is 17.7 Å². The molecule has 214 valence electrons. The first-order chi connectivity index (χ1) is 18.8. The third kappa shape index (κ3) is 10.0. The molecular formula is C31H39ClN4O4. The van der Waals surface area contributed by atoms with Gasteiger partial charge < -0.3 is 26.8 Å². The van der Waals surface area contributed by atoms with Gasteiger partial charge in [0, 0.05) is 13.0 Å². The molecule has 9 heteroatoms. The SMILES string of the molecule is CCC(C)[C@H](NC(=O)[C@H](Cc1ccc(O)cc1)NC(=O)[C@@H](N)Cc1ccccc1)C(=O)NCc1ccccc1.Cl. The van der Waals surface area contributed by atoms with E-state index in [0.29, 0.717) is 19.4 Å². The molecule has 0 bridgehead atoms. The molecule has 0 aromatic heterocycles. The van der Waals surface area contributed by atoms with E-state index in [2.05, 4.69) is 16.0 Å². The van der Waals surface area contributed by atoms with Crippen LogP contribution >= 0.6 is 12.4 Å². The highest BCUT2D eigenvalue weighted by Crippen LogP contribution is 2.14. The Hall–Kier alpha value is -3.88. The number of benzene rings is 3. The Bertz CT molecular complexity index is 1210. The molecule has 4 atom stereocenters. The summed E-state index contributed by atoms with van der Waals surface area (Å²) in [6.45, 7) is 4.19. The molecule has 8 nitrogen and oxygen atoms in total. The van der Waals surface area contributed by atoms with Crippen LogP contribution in [-0.4, -0.2) is 41.0 Å². The Morgan fingerprint density at radius 1 is 0.750 bits per heavy atom. The van der Waals surface area contributed by atoms with Crippen LogP contribution in [0.5, 0.6) is 5.75 Å². The molecule has 40 heavy (non-hydrogen) atoms. The summed E-state index contributed by atoms with van der Waals surface area (Å²) in [4.78, 5) is 39.7. The molecule has 3 amide bonds. The predicted octanol–water partition coefficient (Wildman–Crippen LogP) is 3.26. The summed E-state index contributed by atoms with van der Waals surface area (Å²) in [6.07, 6.45) is 1.15. The van der Waals surface area contributed by atoms with Gasteiger partial charge in [-0.2, -0.15) is 0 Å². The molecule has 0 heterocycles. The lowest BCUT2D eigenvalue weighted by Crippen LogP contribution is -2.58. The standard InChI is InChI=1S/C31H38N4O4.ClH/c1-3-21(2)28(31(39)33-20-24-12-8-5-9-13-24)35-30(38)27(19-23-14-16-25(36)17-15-23)34-29(37)26(32)18-22-10-6-4-7-11-22;/h4-17,21,26-28,36H,3,18-20,32H2,1-2H3,(H,33,39)(H,34,37)(H,35,38);1H/t21?,26-,27-,28-;/m0./s1. The lowest BCUT2D eigenvalue weighted by atomic mass is 9.96. The minimum atomic E-state index is -0.975. The molecule has 0 fully saturated rings. The highest BCUT2D eigenvalue weighted by Gasteiger charge is 2.30. The Morgan fingerprint density at radius 3 is 1.88 bits per heavy atom. The van der Waals surface area contributed by atoms with Crippen molar-refractivity contribution in [2.75, 3.05) is 0 Å². The molecule has 3 rings (SSSR count). The fraction of sp³-hybridized carbons (Fsp3) is 0.323. The first-order valence-electron chi connectivity index (χ1n) is 13.3. The number of rotatable bonds is 13. The van der Waals surface area contributed by atoms with Crippen molar-refractivity contribution in [1.82, 2.24) is 16.0 Å². The molecule has 0 aliphatic carbocycles. The van der Waals surface area contributed by atoms with Crippen LogP contribution in [-0.2, 0) is 33.8 Å². The first-order valence-corrected chi connectivity index (χ1v) is 13.3. The molecule has 6 N–H and O–H groups in total. The second-order valence-corrected chi connectivity index (χ2v) is 9.80. The minimum absolute atomic E-state index is 0. The maximum absolute atomic E-state index is 13.5. The monoisotopic (exact) mass is 566 g/mol. The van der Waals surface area contributed by atoms with Gasteiger partial charge in [0.05, 0.1) is 6.04 Å². The Morgan fingerprint density at radius 2 is 1.30 bits per heavy atom. The van der Waals surface area contributed by atoms with Crippen molar-refractivity contribution in [2.24, 2.45) is 11.7 Å². The number of phenols is 1. The largest absolute Gasteiger partial charge is 0.508 e. The number of hydrogen-bond donors (Lipinski definition) is 5. The zero-order valence-corrected chi connectivity index (χ0v) is 23.7. The summed E-state index contributed by atoms with van der Waals surface area (Å²) < 4.78 is 0. The van der Waals surface area contributed by atoms with E-state index in [1.54, 1.807) is 12.1 Å². The van der Waals surface area contributed by atoms with Crippen molar-refractivity contribution in [3.8, 4) is 5.75 Å². The Kier molecular flexibility index (Phi) is 13.2. The van der Waals surface area contributed by atoms with Crippen LogP contribution < -0.4 is 21.7 Å². The number of hydrogen-bond acceptors (Lipinski definition) is 5. The highest BCUT2D eigenvalue weighted by atomic mass is 35.5. The van der Waals surface area contributed by atoms with Gasteiger partial charge >= 0.3 is 0 Å². The van der Waals surface area contributed by atoms with Crippen LogP contribution in [0.2, 0.25) is 0 Å². The van der Waals surface area contributed by atoms with Crippen molar-refractivity contribution in [1.29, 1.82) is 0 Å². The van der Waals surface area contributed by atoms with Gasteiger partial charge in [0.25, 0.3) is 0 Å². The molecular weight excluding hydrogens is 528 g/mol. The van der Waals surface area contributed by atoms with Gasteiger partial charge in [-0.25, -0.2) is 0 Å². The quantitative estimate of drug-likeness (QED) is 0.216. The minimum Gasteiger partial charge on any atom is -0.508 e. The molecule has 3 aromatic carbocycles.